The minimum atomic E-state index is 0. The van der Waals surface area contributed by atoms with Gasteiger partial charge in [0.2, 0.25) is 0 Å². The largest absolute Gasteiger partial charge is 0.462 e. The molecule has 4 atom stereocenters. The van der Waals surface area contributed by atoms with E-state index < -0.39 is 0 Å². The number of carbonyl (C=O) groups is 1. The molecule has 0 N–H and O–H groups in total. The summed E-state index contributed by atoms with van der Waals surface area (Å²) in [5.74, 6) is 2.00. The normalized spacial score (nSPS) is 38.4. The Hall–Kier alpha value is 0.158. The number of ether oxygens (including phenoxy) is 1. The van der Waals surface area contributed by atoms with Gasteiger partial charge in [0.15, 0.2) is 0 Å². The Morgan fingerprint density at radius 3 is 2.93 bits per heavy atom. The van der Waals surface area contributed by atoms with Crippen molar-refractivity contribution in [3.63, 3.8) is 0 Å². The summed E-state index contributed by atoms with van der Waals surface area (Å²) in [5.41, 5.74) is 0. The number of hydrogen-bond donors (Lipinski definition) is 0. The second-order valence-electron chi connectivity index (χ2n) is 4.76. The molecule has 0 aromatic carbocycles. The van der Waals surface area contributed by atoms with E-state index in [1.807, 2.05) is 0 Å². The van der Waals surface area contributed by atoms with Gasteiger partial charge < -0.3 is 11.2 Å². The summed E-state index contributed by atoms with van der Waals surface area (Å²) in [4.78, 5) is 11.2. The molecular formula is C12H19O2W-. The molecule has 0 amide bonds. The van der Waals surface area contributed by atoms with Crippen molar-refractivity contribution in [2.24, 2.45) is 17.8 Å². The predicted octanol–water partition coefficient (Wildman–Crippen LogP) is 2.58. The fourth-order valence-corrected chi connectivity index (χ4v) is 3.10. The van der Waals surface area contributed by atoms with Crippen LogP contribution >= 0.6 is 0 Å². The third kappa shape index (κ3) is 2.64. The van der Waals surface area contributed by atoms with Crippen molar-refractivity contribution in [1.82, 2.24) is 0 Å². The first-order chi connectivity index (χ1) is 6.72. The summed E-state index contributed by atoms with van der Waals surface area (Å²) in [7, 11) is 0. The molecule has 86 valence electrons. The van der Waals surface area contributed by atoms with Crippen LogP contribution in [0.15, 0.2) is 0 Å². The zero-order chi connectivity index (χ0) is 10.1. The first-order valence-corrected chi connectivity index (χ1v) is 5.69. The minimum Gasteiger partial charge on any atom is -0.462 e. The Kier molecular flexibility index (Phi) is 4.83. The summed E-state index contributed by atoms with van der Waals surface area (Å²) in [6.45, 7) is 4.40. The topological polar surface area (TPSA) is 26.3 Å². The van der Waals surface area contributed by atoms with Gasteiger partial charge in [-0.25, -0.2) is 0 Å². The molecule has 0 unspecified atom stereocenters. The summed E-state index contributed by atoms with van der Waals surface area (Å²) >= 11 is 0. The molecule has 0 radical (unpaired) electrons. The molecule has 1 aliphatic heterocycles. The van der Waals surface area contributed by atoms with Crippen LogP contribution in [-0.4, -0.2) is 12.1 Å². The molecule has 0 bridgehead atoms. The molecule has 2 fully saturated rings. The molecule has 0 aromatic rings. The van der Waals surface area contributed by atoms with E-state index in [2.05, 4.69) is 20.3 Å². The van der Waals surface area contributed by atoms with Crippen LogP contribution in [0.4, 0.5) is 0 Å². The number of esters is 1. The Labute approximate surface area is 106 Å². The molecular weight excluding hydrogens is 360 g/mol. The molecule has 1 aliphatic carbocycles. The Balaban J connectivity index is 0.00000112. The van der Waals surface area contributed by atoms with Crippen molar-refractivity contribution in [3.8, 4) is 0 Å². The van der Waals surface area contributed by atoms with Crippen molar-refractivity contribution in [3.05, 3.63) is 6.42 Å². The van der Waals surface area contributed by atoms with Crippen LogP contribution in [0.2, 0.25) is 0 Å². The molecule has 2 aliphatic rings. The maximum atomic E-state index is 11.2. The molecule has 15 heavy (non-hydrogen) atoms. The smallest absolute Gasteiger partial charge is 0.306 e. The third-order valence-electron chi connectivity index (χ3n) is 3.84. The van der Waals surface area contributed by atoms with Crippen LogP contribution in [0.25, 0.3) is 0 Å². The minimum absolute atomic E-state index is 0. The second-order valence-corrected chi connectivity index (χ2v) is 4.76. The van der Waals surface area contributed by atoms with Crippen LogP contribution in [-0.2, 0) is 30.6 Å². The van der Waals surface area contributed by atoms with Crippen molar-refractivity contribution in [1.29, 1.82) is 0 Å². The van der Waals surface area contributed by atoms with E-state index in [1.54, 1.807) is 0 Å². The van der Waals surface area contributed by atoms with E-state index in [0.29, 0.717) is 18.3 Å². The molecule has 0 spiro atoms. The fourth-order valence-electron chi connectivity index (χ4n) is 3.10. The quantitative estimate of drug-likeness (QED) is 0.557. The molecule has 2 rings (SSSR count). The number of unbranched alkanes of at least 4 members (excludes halogenated alkanes) is 1. The van der Waals surface area contributed by atoms with E-state index in [1.165, 1.54) is 12.8 Å². The summed E-state index contributed by atoms with van der Waals surface area (Å²) in [6, 6.07) is 0. The summed E-state index contributed by atoms with van der Waals surface area (Å²) < 4.78 is 5.32. The molecule has 1 saturated heterocycles. The van der Waals surface area contributed by atoms with Crippen molar-refractivity contribution < 1.29 is 30.6 Å². The first-order valence-electron chi connectivity index (χ1n) is 5.69. The molecule has 3 heteroatoms. The van der Waals surface area contributed by atoms with Gasteiger partial charge in [-0.3, -0.25) is 4.79 Å². The van der Waals surface area contributed by atoms with E-state index in [0.717, 1.165) is 12.3 Å². The standard InChI is InChI=1S/C12H19O2.W/c1-3-4-5-9-8(2)6-11-10(9)7-12(13)14-11;/h3,8-11H,4-7H2,1-2H3;/q-1;/t8-,9+,10-,11+;/m1./s1. The van der Waals surface area contributed by atoms with Gasteiger partial charge in [-0.15, -0.1) is 0 Å². The zero-order valence-electron chi connectivity index (χ0n) is 9.44. The van der Waals surface area contributed by atoms with Crippen LogP contribution in [0.3, 0.4) is 0 Å². The van der Waals surface area contributed by atoms with Gasteiger partial charge >= 0.3 is 5.97 Å². The van der Waals surface area contributed by atoms with Crippen LogP contribution in [0, 0.1) is 24.2 Å². The number of rotatable bonds is 3. The van der Waals surface area contributed by atoms with Gasteiger partial charge in [-0.1, -0.05) is 13.3 Å². The van der Waals surface area contributed by atoms with Crippen molar-refractivity contribution in [2.45, 2.75) is 45.6 Å². The maximum Gasteiger partial charge on any atom is 0.306 e. The van der Waals surface area contributed by atoms with Crippen molar-refractivity contribution in [2.75, 3.05) is 0 Å². The Morgan fingerprint density at radius 1 is 1.53 bits per heavy atom. The Morgan fingerprint density at radius 2 is 2.27 bits per heavy atom. The second kappa shape index (κ2) is 5.48. The first kappa shape index (κ1) is 13.2. The average molecular weight is 379 g/mol. The van der Waals surface area contributed by atoms with Gasteiger partial charge in [0.05, 0.1) is 6.42 Å². The molecule has 1 saturated carbocycles. The average Bonchev–Trinajstić information content (AvgIpc) is 2.58. The SMILES string of the molecule is C[CH-]CC[C@@H]1[C@H]2CC(=O)O[C@H]2C[C@H]1C.[W]. The van der Waals surface area contributed by atoms with Crippen molar-refractivity contribution >= 4 is 5.97 Å². The number of fused-ring (bicyclic) bond motifs is 1. The van der Waals surface area contributed by atoms with Crippen LogP contribution in [0.5, 0.6) is 0 Å². The summed E-state index contributed by atoms with van der Waals surface area (Å²) in [6.07, 6.45) is 6.63. The van der Waals surface area contributed by atoms with Crippen LogP contribution < -0.4 is 0 Å². The van der Waals surface area contributed by atoms with Crippen LogP contribution in [0.1, 0.15) is 39.5 Å². The van der Waals surface area contributed by atoms with Gasteiger partial charge in [-0.2, -0.15) is 13.3 Å². The van der Waals surface area contributed by atoms with E-state index in [-0.39, 0.29) is 33.1 Å². The van der Waals surface area contributed by atoms with Gasteiger partial charge in [0, 0.05) is 27.0 Å². The van der Waals surface area contributed by atoms with E-state index in [9.17, 15) is 4.79 Å². The number of carbonyl (C=O) groups excluding carboxylic acids is 1. The fraction of sp³-hybridized carbons (Fsp3) is 0.833. The third-order valence-corrected chi connectivity index (χ3v) is 3.84. The van der Waals surface area contributed by atoms with E-state index >= 15 is 0 Å². The summed E-state index contributed by atoms with van der Waals surface area (Å²) in [5, 5.41) is 0. The zero-order valence-corrected chi connectivity index (χ0v) is 12.4. The monoisotopic (exact) mass is 379 g/mol. The number of hydrogen-bond acceptors (Lipinski definition) is 2. The van der Waals surface area contributed by atoms with Gasteiger partial charge in [0.1, 0.15) is 6.10 Å². The predicted molar refractivity (Wildman–Crippen MR) is 54.5 cm³/mol. The molecule has 2 nitrogen and oxygen atoms in total. The van der Waals surface area contributed by atoms with E-state index in [4.69, 9.17) is 4.74 Å². The molecule has 0 aromatic heterocycles. The van der Waals surface area contributed by atoms with Gasteiger partial charge in [0.25, 0.3) is 0 Å². The Bertz CT molecular complexity index is 230. The molecule has 1 heterocycles. The van der Waals surface area contributed by atoms with Gasteiger partial charge in [-0.05, 0) is 18.3 Å². The maximum absolute atomic E-state index is 11.2.